The Bertz CT molecular complexity index is 1380. The van der Waals surface area contributed by atoms with Crippen LogP contribution in [0.25, 0.3) is 22.4 Å². The van der Waals surface area contributed by atoms with Gasteiger partial charge in [-0.3, -0.25) is 4.79 Å². The van der Waals surface area contributed by atoms with Gasteiger partial charge in [-0.1, -0.05) is 68.4 Å². The molecule has 0 radical (unpaired) electrons. The van der Waals surface area contributed by atoms with Crippen LogP contribution >= 0.6 is 0 Å². The van der Waals surface area contributed by atoms with Crippen LogP contribution in [0.15, 0.2) is 79.0 Å². The van der Waals surface area contributed by atoms with E-state index >= 15 is 0 Å². The lowest BCUT2D eigenvalue weighted by molar-refractivity contribution is -0.139. The molecule has 192 valence electrons. The maximum Gasteiger partial charge on any atom is 0.419 e. The lowest BCUT2D eigenvalue weighted by Crippen LogP contribution is -2.23. The highest BCUT2D eigenvalue weighted by atomic mass is 19.4. The number of aliphatic carboxylic acids is 1. The Hall–Kier alpha value is -4.07. The minimum absolute atomic E-state index is 0.176. The molecule has 2 N–H and O–H groups in total. The molecular formula is C29H27F3N2O3. The zero-order valence-corrected chi connectivity index (χ0v) is 20.6. The number of rotatable bonds is 8. The highest BCUT2D eigenvalue weighted by Crippen LogP contribution is 2.40. The van der Waals surface area contributed by atoms with Crippen LogP contribution in [-0.4, -0.2) is 21.0 Å². The second-order valence-corrected chi connectivity index (χ2v) is 9.56. The third-order valence-corrected chi connectivity index (χ3v) is 6.20. The molecule has 3 aromatic carbocycles. The predicted molar refractivity (Wildman–Crippen MR) is 135 cm³/mol. The van der Waals surface area contributed by atoms with Crippen molar-refractivity contribution in [1.29, 1.82) is 0 Å². The molecule has 4 rings (SSSR count). The summed E-state index contributed by atoms with van der Waals surface area (Å²) in [5.41, 5.74) is 1.70. The van der Waals surface area contributed by atoms with Gasteiger partial charge in [0.25, 0.3) is 0 Å². The van der Waals surface area contributed by atoms with E-state index in [0.29, 0.717) is 11.5 Å². The summed E-state index contributed by atoms with van der Waals surface area (Å²) in [7, 11) is 0. The monoisotopic (exact) mass is 508 g/mol. The Kier molecular flexibility index (Phi) is 7.12. The molecule has 0 saturated carbocycles. The normalized spacial score (nSPS) is 12.8. The van der Waals surface area contributed by atoms with Crippen molar-refractivity contribution in [2.45, 2.75) is 44.9 Å². The average Bonchev–Trinajstić information content (AvgIpc) is 3.35. The number of benzene rings is 3. The van der Waals surface area contributed by atoms with Crippen LogP contribution < -0.4 is 4.74 Å². The minimum atomic E-state index is -4.65. The van der Waals surface area contributed by atoms with Crippen molar-refractivity contribution in [3.63, 3.8) is 0 Å². The Balaban J connectivity index is 1.58. The third-order valence-electron chi connectivity index (χ3n) is 6.20. The Morgan fingerprint density at radius 1 is 0.973 bits per heavy atom. The summed E-state index contributed by atoms with van der Waals surface area (Å²) >= 11 is 0. The molecule has 0 aliphatic heterocycles. The average molecular weight is 509 g/mol. The summed E-state index contributed by atoms with van der Waals surface area (Å²) in [5, 5.41) is 9.13. The molecule has 0 fully saturated rings. The number of carboxylic acids is 1. The largest absolute Gasteiger partial charge is 0.485 e. The topological polar surface area (TPSA) is 75.2 Å². The van der Waals surface area contributed by atoms with Gasteiger partial charge in [0.2, 0.25) is 0 Å². The zero-order chi connectivity index (χ0) is 26.8. The van der Waals surface area contributed by atoms with Crippen LogP contribution in [0.1, 0.15) is 50.2 Å². The highest BCUT2D eigenvalue weighted by Gasteiger charge is 2.35. The molecule has 37 heavy (non-hydrogen) atoms. The van der Waals surface area contributed by atoms with Gasteiger partial charge < -0.3 is 14.8 Å². The van der Waals surface area contributed by atoms with Crippen LogP contribution in [0.5, 0.6) is 5.75 Å². The first-order valence-electron chi connectivity index (χ1n) is 11.7. The number of H-pyrrole nitrogens is 1. The van der Waals surface area contributed by atoms with Crippen LogP contribution in [0.3, 0.4) is 0 Å². The summed E-state index contributed by atoms with van der Waals surface area (Å²) in [6, 6.07) is 21.2. The van der Waals surface area contributed by atoms with Gasteiger partial charge in [0, 0.05) is 11.0 Å². The molecule has 1 heterocycles. The molecule has 5 nitrogen and oxygen atoms in total. The van der Waals surface area contributed by atoms with Gasteiger partial charge in [0.1, 0.15) is 17.7 Å². The molecule has 8 heteroatoms. The van der Waals surface area contributed by atoms with Crippen LogP contribution in [-0.2, 0) is 16.4 Å². The van der Waals surface area contributed by atoms with E-state index in [1.165, 1.54) is 18.3 Å². The maximum atomic E-state index is 14.0. The van der Waals surface area contributed by atoms with Gasteiger partial charge in [-0.2, -0.15) is 13.2 Å². The fourth-order valence-corrected chi connectivity index (χ4v) is 4.13. The summed E-state index contributed by atoms with van der Waals surface area (Å²) < 4.78 is 47.8. The van der Waals surface area contributed by atoms with Crippen molar-refractivity contribution in [2.24, 2.45) is 0 Å². The van der Waals surface area contributed by atoms with E-state index in [9.17, 15) is 18.0 Å². The number of halogens is 3. The minimum Gasteiger partial charge on any atom is -0.485 e. The van der Waals surface area contributed by atoms with Gasteiger partial charge >= 0.3 is 12.1 Å². The van der Waals surface area contributed by atoms with Crippen LogP contribution in [0.2, 0.25) is 0 Å². The van der Waals surface area contributed by atoms with Crippen molar-refractivity contribution >= 4 is 5.97 Å². The number of imidazole rings is 1. The van der Waals surface area contributed by atoms with E-state index in [2.05, 4.69) is 9.97 Å². The van der Waals surface area contributed by atoms with Crippen molar-refractivity contribution in [1.82, 2.24) is 9.97 Å². The molecule has 1 atom stereocenters. The van der Waals surface area contributed by atoms with Crippen LogP contribution in [0, 0.1) is 0 Å². The van der Waals surface area contributed by atoms with Crippen molar-refractivity contribution in [3.05, 3.63) is 95.9 Å². The van der Waals surface area contributed by atoms with Crippen molar-refractivity contribution in [3.8, 4) is 28.1 Å². The second-order valence-electron chi connectivity index (χ2n) is 9.56. The van der Waals surface area contributed by atoms with E-state index in [4.69, 9.17) is 9.84 Å². The first-order valence-corrected chi connectivity index (χ1v) is 11.7. The molecule has 4 aromatic rings. The fourth-order valence-electron chi connectivity index (χ4n) is 4.13. The summed E-state index contributed by atoms with van der Waals surface area (Å²) in [5.74, 6) is -0.888. The zero-order valence-electron chi connectivity index (χ0n) is 20.6. The molecule has 1 aromatic heterocycles. The Morgan fingerprint density at radius 3 is 2.22 bits per heavy atom. The molecular weight excluding hydrogens is 481 g/mol. The number of carboxylic acid groups (broad SMARTS) is 1. The number of hydrogen-bond acceptors (Lipinski definition) is 3. The smallest absolute Gasteiger partial charge is 0.419 e. The second kappa shape index (κ2) is 10.1. The Morgan fingerprint density at radius 2 is 1.59 bits per heavy atom. The van der Waals surface area contributed by atoms with Gasteiger partial charge in [0.05, 0.1) is 23.9 Å². The molecule has 0 bridgehead atoms. The van der Waals surface area contributed by atoms with Gasteiger partial charge in [-0.25, -0.2) is 4.98 Å². The standard InChI is InChI=1S/C29H27F3N2O3/c1-18(19-9-11-21(12-10-19)20-7-5-4-6-8-20)37-25-14-13-22(15-23(25)29(30,31)32)24-17-33-27(34-24)28(2,3)16-26(35)36/h4-15,17-18H,16H2,1-3H3,(H,33,34)(H,35,36). The summed E-state index contributed by atoms with van der Waals surface area (Å²) in [6.07, 6.45) is -4.03. The summed E-state index contributed by atoms with van der Waals surface area (Å²) in [6.45, 7) is 5.11. The quantitative estimate of drug-likeness (QED) is 0.256. The number of nitrogens with one attached hydrogen (secondary N) is 1. The fraction of sp³-hybridized carbons (Fsp3) is 0.241. The molecule has 1 unspecified atom stereocenters. The van der Waals surface area contributed by atoms with E-state index < -0.39 is 29.2 Å². The lowest BCUT2D eigenvalue weighted by Gasteiger charge is -2.20. The first-order chi connectivity index (χ1) is 17.4. The lowest BCUT2D eigenvalue weighted by atomic mass is 9.88. The van der Waals surface area contributed by atoms with E-state index in [1.54, 1.807) is 20.8 Å². The van der Waals surface area contributed by atoms with Gasteiger partial charge in [-0.15, -0.1) is 0 Å². The SMILES string of the molecule is CC(Oc1ccc(-c2cnc(C(C)(C)CC(=O)O)[nH]2)cc1C(F)(F)F)c1ccc(-c2ccccc2)cc1. The number of aromatic amines is 1. The molecule has 0 spiro atoms. The molecule has 0 amide bonds. The van der Waals surface area contributed by atoms with E-state index in [0.717, 1.165) is 22.8 Å². The predicted octanol–water partition coefficient (Wildman–Crippen LogP) is 7.65. The molecule has 0 saturated heterocycles. The van der Waals surface area contributed by atoms with Crippen molar-refractivity contribution in [2.75, 3.05) is 0 Å². The summed E-state index contributed by atoms with van der Waals surface area (Å²) in [4.78, 5) is 18.3. The number of ether oxygens (including phenoxy) is 1. The number of carbonyl (C=O) groups is 1. The third kappa shape index (κ3) is 6.02. The number of nitrogens with zero attached hydrogens (tertiary/aromatic N) is 1. The van der Waals surface area contributed by atoms with E-state index in [-0.39, 0.29) is 17.7 Å². The number of alkyl halides is 3. The number of hydrogen-bond donors (Lipinski definition) is 2. The highest BCUT2D eigenvalue weighted by molar-refractivity contribution is 5.69. The van der Waals surface area contributed by atoms with Gasteiger partial charge in [0.15, 0.2) is 0 Å². The molecule has 0 aliphatic rings. The van der Waals surface area contributed by atoms with Crippen LogP contribution in [0.4, 0.5) is 13.2 Å². The molecule has 0 aliphatic carbocycles. The first kappa shape index (κ1) is 26.0. The Labute approximate surface area is 213 Å². The maximum absolute atomic E-state index is 14.0. The number of aromatic nitrogens is 2. The van der Waals surface area contributed by atoms with Gasteiger partial charge in [-0.05, 0) is 41.8 Å². The van der Waals surface area contributed by atoms with Crippen molar-refractivity contribution < 1.29 is 27.8 Å². The van der Waals surface area contributed by atoms with E-state index in [1.807, 2.05) is 54.6 Å².